The van der Waals surface area contributed by atoms with Gasteiger partial charge in [0.2, 0.25) is 6.79 Å². The molecular formula is C38H32O10. The number of rotatable bonds is 13. The van der Waals surface area contributed by atoms with E-state index >= 15 is 0 Å². The van der Waals surface area contributed by atoms with Crippen LogP contribution in [0.1, 0.15) is 51.3 Å². The number of ether oxygens (including phenoxy) is 6. The van der Waals surface area contributed by atoms with Crippen LogP contribution in [0.5, 0.6) is 17.2 Å². The molecule has 4 aromatic carbocycles. The van der Waals surface area contributed by atoms with Crippen molar-refractivity contribution in [2.75, 3.05) is 13.6 Å². The van der Waals surface area contributed by atoms with E-state index in [9.17, 15) is 19.2 Å². The molecule has 0 aromatic heterocycles. The average molecular weight is 649 g/mol. The third kappa shape index (κ3) is 7.68. The van der Waals surface area contributed by atoms with E-state index in [1.54, 1.807) is 60.7 Å². The third-order valence-corrected chi connectivity index (χ3v) is 7.63. The molecule has 0 amide bonds. The predicted octanol–water partition coefficient (Wildman–Crippen LogP) is 6.70. The largest absolute Gasteiger partial charge is 0.457 e. The third-order valence-electron chi connectivity index (χ3n) is 7.63. The summed E-state index contributed by atoms with van der Waals surface area (Å²) < 4.78 is 31.6. The van der Waals surface area contributed by atoms with E-state index in [0.29, 0.717) is 28.4 Å². The highest BCUT2D eigenvalue weighted by molar-refractivity contribution is 5.92. The van der Waals surface area contributed by atoms with Crippen molar-refractivity contribution in [3.05, 3.63) is 138 Å². The van der Waals surface area contributed by atoms with E-state index < -0.39 is 29.3 Å². The van der Waals surface area contributed by atoms with Gasteiger partial charge in [-0.1, -0.05) is 51.3 Å². The first-order valence-corrected chi connectivity index (χ1v) is 14.8. The molecule has 0 radical (unpaired) electrons. The molecule has 244 valence electrons. The van der Waals surface area contributed by atoms with Crippen molar-refractivity contribution >= 4 is 23.9 Å². The van der Waals surface area contributed by atoms with Crippen molar-refractivity contribution < 1.29 is 47.6 Å². The van der Waals surface area contributed by atoms with Crippen molar-refractivity contribution in [3.63, 3.8) is 0 Å². The Morgan fingerprint density at radius 3 is 1.58 bits per heavy atom. The molecule has 4 aromatic rings. The Hall–Kier alpha value is -6.00. The fourth-order valence-corrected chi connectivity index (χ4v) is 5.11. The van der Waals surface area contributed by atoms with Crippen molar-refractivity contribution in [1.82, 2.24) is 0 Å². The molecule has 0 aliphatic heterocycles. The summed E-state index contributed by atoms with van der Waals surface area (Å²) in [5.74, 6) is -1.04. The maximum atomic E-state index is 12.9. The molecule has 1 aliphatic rings. The van der Waals surface area contributed by atoms with E-state index in [1.165, 1.54) is 0 Å². The highest BCUT2D eigenvalue weighted by Gasteiger charge is 2.36. The zero-order valence-electron chi connectivity index (χ0n) is 26.4. The molecule has 0 fully saturated rings. The van der Waals surface area contributed by atoms with Gasteiger partial charge in [-0.3, -0.25) is 0 Å². The zero-order chi connectivity index (χ0) is 34.3. The Bertz CT molecular complexity index is 1870. The van der Waals surface area contributed by atoms with Crippen LogP contribution in [0.25, 0.3) is 11.1 Å². The molecule has 0 spiro atoms. The molecule has 10 heteroatoms. The highest BCUT2D eigenvalue weighted by atomic mass is 16.7. The van der Waals surface area contributed by atoms with Gasteiger partial charge >= 0.3 is 23.9 Å². The van der Waals surface area contributed by atoms with Gasteiger partial charge in [-0.05, 0) is 88.5 Å². The quantitative estimate of drug-likeness (QED) is 0.0509. The minimum absolute atomic E-state index is 0.196. The van der Waals surface area contributed by atoms with Crippen LogP contribution in [0.2, 0.25) is 0 Å². The maximum Gasteiger partial charge on any atom is 0.343 e. The van der Waals surface area contributed by atoms with Gasteiger partial charge in [-0.15, -0.1) is 0 Å². The van der Waals surface area contributed by atoms with Crippen LogP contribution in [0.4, 0.5) is 0 Å². The van der Waals surface area contributed by atoms with Gasteiger partial charge in [-0.25, -0.2) is 19.2 Å². The lowest BCUT2D eigenvalue weighted by atomic mass is 9.82. The zero-order valence-corrected chi connectivity index (χ0v) is 26.4. The molecule has 0 atom stereocenters. The number of benzene rings is 4. The van der Waals surface area contributed by atoms with E-state index in [4.69, 9.17) is 28.4 Å². The molecule has 0 N–H and O–H groups in total. The normalized spacial score (nSPS) is 12.1. The second kappa shape index (κ2) is 14.6. The smallest absolute Gasteiger partial charge is 0.343 e. The summed E-state index contributed by atoms with van der Waals surface area (Å²) in [6, 6.07) is 24.0. The van der Waals surface area contributed by atoms with Gasteiger partial charge in [0.1, 0.15) is 17.2 Å². The minimum Gasteiger partial charge on any atom is -0.457 e. The lowest BCUT2D eigenvalue weighted by molar-refractivity contribution is -0.151. The number of hydrogen-bond acceptors (Lipinski definition) is 10. The van der Waals surface area contributed by atoms with Gasteiger partial charge in [0, 0.05) is 17.6 Å². The summed E-state index contributed by atoms with van der Waals surface area (Å²) in [5, 5.41) is 0. The molecule has 0 heterocycles. The SMILES string of the molecule is C=CC(=O)OCOCc1ccc(C(=O)Oc2ccc3c(c2)C(C)(C)c2cc(OC(=O)c4ccc(OCOC(=O)C=C)cc4)ccc2-3)cc1. The molecule has 1 aliphatic carbocycles. The van der Waals surface area contributed by atoms with Crippen LogP contribution >= 0.6 is 0 Å². The fraction of sp³-hybridized carbons (Fsp3) is 0.158. The summed E-state index contributed by atoms with van der Waals surface area (Å²) in [6.45, 7) is 10.5. The second-order valence-corrected chi connectivity index (χ2v) is 11.1. The summed E-state index contributed by atoms with van der Waals surface area (Å²) in [7, 11) is 0. The van der Waals surface area contributed by atoms with Gasteiger partial charge in [-0.2, -0.15) is 0 Å². The number of fused-ring (bicyclic) bond motifs is 3. The Labute approximate surface area is 277 Å². The van der Waals surface area contributed by atoms with Gasteiger partial charge in [0.25, 0.3) is 0 Å². The summed E-state index contributed by atoms with van der Waals surface area (Å²) in [6.07, 6.45) is 2.09. The lowest BCUT2D eigenvalue weighted by Crippen LogP contribution is -2.16. The van der Waals surface area contributed by atoms with Crippen LogP contribution in [-0.4, -0.2) is 37.5 Å². The van der Waals surface area contributed by atoms with Gasteiger partial charge < -0.3 is 28.4 Å². The fourth-order valence-electron chi connectivity index (χ4n) is 5.11. The maximum absolute atomic E-state index is 12.9. The lowest BCUT2D eigenvalue weighted by Gasteiger charge is -2.22. The topological polar surface area (TPSA) is 124 Å². The van der Waals surface area contributed by atoms with E-state index in [1.807, 2.05) is 24.3 Å². The van der Waals surface area contributed by atoms with Gasteiger partial charge in [0.15, 0.2) is 6.79 Å². The molecule has 48 heavy (non-hydrogen) atoms. The number of carbonyl (C=O) groups excluding carboxylic acids is 4. The second-order valence-electron chi connectivity index (χ2n) is 11.1. The molecule has 0 saturated heterocycles. The number of esters is 4. The molecule has 0 saturated carbocycles. The van der Waals surface area contributed by atoms with Crippen LogP contribution in [0, 0.1) is 0 Å². The summed E-state index contributed by atoms with van der Waals surface area (Å²) in [4.78, 5) is 48.1. The van der Waals surface area contributed by atoms with Crippen LogP contribution < -0.4 is 14.2 Å². The Morgan fingerprint density at radius 2 is 1.08 bits per heavy atom. The average Bonchev–Trinajstić information content (AvgIpc) is 3.31. The monoisotopic (exact) mass is 648 g/mol. The molecule has 0 unspecified atom stereocenters. The number of carbonyl (C=O) groups is 4. The first-order valence-electron chi connectivity index (χ1n) is 14.8. The van der Waals surface area contributed by atoms with Crippen LogP contribution in [0.3, 0.4) is 0 Å². The molecule has 5 rings (SSSR count). The predicted molar refractivity (Wildman–Crippen MR) is 175 cm³/mol. The molecule has 10 nitrogen and oxygen atoms in total. The summed E-state index contributed by atoms with van der Waals surface area (Å²) in [5.41, 5.74) is 4.89. The standard InChI is InChI=1S/C38H32O10/c1-5-34(39)45-22-43-21-24-7-9-25(10-8-24)36(41)47-28-15-17-30-31-18-16-29(20-33(31)38(3,4)32(30)19-28)48-37(42)26-11-13-27(14-12-26)44-23-46-35(40)6-2/h5-20H,1-2,21-23H2,3-4H3. The Kier molecular flexibility index (Phi) is 10.2. The Balaban J connectivity index is 1.21. The number of hydrogen-bond donors (Lipinski definition) is 0. The van der Waals surface area contributed by atoms with Crippen LogP contribution in [-0.2, 0) is 35.8 Å². The van der Waals surface area contributed by atoms with E-state index in [0.717, 1.165) is 40.0 Å². The van der Waals surface area contributed by atoms with Crippen molar-refractivity contribution in [2.45, 2.75) is 25.9 Å². The van der Waals surface area contributed by atoms with Crippen molar-refractivity contribution in [2.24, 2.45) is 0 Å². The molecular weight excluding hydrogens is 616 g/mol. The van der Waals surface area contributed by atoms with E-state index in [2.05, 4.69) is 27.0 Å². The highest BCUT2D eigenvalue weighted by Crippen LogP contribution is 2.50. The van der Waals surface area contributed by atoms with Gasteiger partial charge in [0.05, 0.1) is 17.7 Å². The first kappa shape index (κ1) is 33.4. The summed E-state index contributed by atoms with van der Waals surface area (Å²) >= 11 is 0. The van der Waals surface area contributed by atoms with E-state index in [-0.39, 0.29) is 20.2 Å². The first-order chi connectivity index (χ1) is 23.1. The minimum atomic E-state index is -0.603. The van der Waals surface area contributed by atoms with Crippen molar-refractivity contribution in [3.8, 4) is 28.4 Å². The molecule has 0 bridgehead atoms. The van der Waals surface area contributed by atoms with Crippen molar-refractivity contribution in [1.29, 1.82) is 0 Å². The Morgan fingerprint density at radius 1 is 0.625 bits per heavy atom. The van der Waals surface area contributed by atoms with Crippen LogP contribution in [0.15, 0.2) is 110 Å².